The van der Waals surface area contributed by atoms with E-state index in [4.69, 9.17) is 5.26 Å². The Morgan fingerprint density at radius 1 is 1.38 bits per heavy atom. The fourth-order valence-corrected chi connectivity index (χ4v) is 2.49. The van der Waals surface area contributed by atoms with Crippen molar-refractivity contribution in [3.8, 4) is 6.07 Å². The molecule has 0 radical (unpaired) electrons. The zero-order valence-electron chi connectivity index (χ0n) is 7.70. The topological polar surface area (TPSA) is 23.8 Å². The van der Waals surface area contributed by atoms with Crippen LogP contribution in [0.25, 0.3) is 0 Å². The van der Waals surface area contributed by atoms with E-state index < -0.39 is 0 Å². The average Bonchev–Trinajstić information content (AvgIpc) is 2.18. The van der Waals surface area contributed by atoms with Crippen molar-refractivity contribution in [2.45, 2.75) is 16.7 Å². The fourth-order valence-electron chi connectivity index (χ4n) is 1.07. The van der Waals surface area contributed by atoms with E-state index >= 15 is 0 Å². The summed E-state index contributed by atoms with van der Waals surface area (Å²) in [6.45, 7) is 2.09. The summed E-state index contributed by atoms with van der Waals surface area (Å²) in [5.41, 5.74) is 0.821. The van der Waals surface area contributed by atoms with Gasteiger partial charge in [0.05, 0.1) is 5.56 Å². The summed E-state index contributed by atoms with van der Waals surface area (Å²) in [6, 6.07) is 8.26. The molecule has 1 aromatic rings. The number of hydrogen-bond acceptors (Lipinski definition) is 3. The van der Waals surface area contributed by atoms with Crippen LogP contribution in [0.4, 0.5) is 0 Å². The van der Waals surface area contributed by atoms with Crippen LogP contribution in [0.5, 0.6) is 0 Å². The first kappa shape index (κ1) is 10.5. The molecule has 0 aliphatic rings. The molecule has 68 valence electrons. The molecule has 0 heterocycles. The Hall–Kier alpha value is -0.590. The number of thioether (sulfide) groups is 2. The van der Waals surface area contributed by atoms with E-state index in [1.165, 1.54) is 0 Å². The molecule has 0 saturated carbocycles. The smallest absolute Gasteiger partial charge is 0.101 e. The van der Waals surface area contributed by atoms with Crippen molar-refractivity contribution in [1.29, 1.82) is 5.26 Å². The molecule has 0 aliphatic carbocycles. The third-order valence-corrected chi connectivity index (χ3v) is 3.34. The van der Waals surface area contributed by atoms with E-state index in [0.717, 1.165) is 21.1 Å². The van der Waals surface area contributed by atoms with Crippen molar-refractivity contribution in [1.82, 2.24) is 0 Å². The van der Waals surface area contributed by atoms with Gasteiger partial charge in [0, 0.05) is 9.79 Å². The third-order valence-electron chi connectivity index (χ3n) is 1.62. The number of nitriles is 1. The second kappa shape index (κ2) is 5.21. The predicted octanol–water partition coefficient (Wildman–Crippen LogP) is 3.39. The highest BCUT2D eigenvalue weighted by Crippen LogP contribution is 2.29. The number of benzene rings is 1. The van der Waals surface area contributed by atoms with Gasteiger partial charge in [0.15, 0.2) is 0 Å². The molecule has 3 heteroatoms. The summed E-state index contributed by atoms with van der Waals surface area (Å²) in [7, 11) is 0. The average molecular weight is 209 g/mol. The van der Waals surface area contributed by atoms with E-state index in [-0.39, 0.29) is 0 Å². The molecule has 0 atom stereocenters. The molecule has 0 unspecified atom stereocenters. The zero-order valence-corrected chi connectivity index (χ0v) is 9.34. The summed E-state index contributed by atoms with van der Waals surface area (Å²) in [4.78, 5) is 2.16. The maximum Gasteiger partial charge on any atom is 0.101 e. The Morgan fingerprint density at radius 3 is 2.62 bits per heavy atom. The van der Waals surface area contributed by atoms with Crippen LogP contribution in [-0.4, -0.2) is 12.0 Å². The Bertz CT molecular complexity index is 328. The van der Waals surface area contributed by atoms with Crippen LogP contribution in [0.1, 0.15) is 12.5 Å². The molecule has 0 N–H and O–H groups in total. The van der Waals surface area contributed by atoms with E-state index in [0.29, 0.717) is 0 Å². The minimum Gasteiger partial charge on any atom is -0.192 e. The highest BCUT2D eigenvalue weighted by Gasteiger charge is 2.05. The molecule has 1 aromatic carbocycles. The Balaban J connectivity index is 3.13. The minimum absolute atomic E-state index is 0.821. The van der Waals surface area contributed by atoms with Crippen molar-refractivity contribution in [2.75, 3.05) is 12.0 Å². The first-order valence-corrected chi connectivity index (χ1v) is 6.24. The Kier molecular flexibility index (Phi) is 4.20. The van der Waals surface area contributed by atoms with E-state index in [2.05, 4.69) is 13.0 Å². The van der Waals surface area contributed by atoms with Crippen LogP contribution in [0, 0.1) is 11.3 Å². The van der Waals surface area contributed by atoms with Gasteiger partial charge in [-0.1, -0.05) is 13.0 Å². The molecule has 0 aliphatic heterocycles. The van der Waals surface area contributed by atoms with Crippen molar-refractivity contribution >= 4 is 23.5 Å². The summed E-state index contributed by atoms with van der Waals surface area (Å²) in [6.07, 6.45) is 2.00. The number of hydrogen-bond donors (Lipinski definition) is 0. The second-order valence-corrected chi connectivity index (χ2v) is 4.53. The highest BCUT2D eigenvalue weighted by molar-refractivity contribution is 7.99. The van der Waals surface area contributed by atoms with Crippen molar-refractivity contribution in [2.24, 2.45) is 0 Å². The van der Waals surface area contributed by atoms with Gasteiger partial charge in [0.25, 0.3) is 0 Å². The lowest BCUT2D eigenvalue weighted by molar-refractivity contribution is 1.26. The summed E-state index contributed by atoms with van der Waals surface area (Å²) in [5.74, 6) is 1.01. The summed E-state index contributed by atoms with van der Waals surface area (Å²) in [5, 5.41) is 8.98. The van der Waals surface area contributed by atoms with Crippen molar-refractivity contribution < 1.29 is 0 Å². The molecule has 1 rings (SSSR count). The molecule has 0 bridgehead atoms. The molecule has 0 amide bonds. The Labute approximate surface area is 87.5 Å². The number of nitrogens with zero attached hydrogens (tertiary/aromatic N) is 1. The van der Waals surface area contributed by atoms with Gasteiger partial charge in [0.1, 0.15) is 6.07 Å². The maximum atomic E-state index is 8.98. The van der Waals surface area contributed by atoms with Crippen molar-refractivity contribution in [3.05, 3.63) is 23.8 Å². The monoisotopic (exact) mass is 209 g/mol. The van der Waals surface area contributed by atoms with E-state index in [1.54, 1.807) is 23.5 Å². The van der Waals surface area contributed by atoms with Gasteiger partial charge in [-0.15, -0.1) is 23.5 Å². The van der Waals surface area contributed by atoms with Crippen molar-refractivity contribution in [3.63, 3.8) is 0 Å². The van der Waals surface area contributed by atoms with E-state index in [1.807, 2.05) is 24.5 Å². The van der Waals surface area contributed by atoms with Gasteiger partial charge < -0.3 is 0 Å². The predicted molar refractivity (Wildman–Crippen MR) is 59.3 cm³/mol. The normalized spacial score (nSPS) is 9.62. The second-order valence-electron chi connectivity index (χ2n) is 2.38. The van der Waals surface area contributed by atoms with Gasteiger partial charge in [-0.05, 0) is 24.1 Å². The lowest BCUT2D eigenvalue weighted by Crippen LogP contribution is -1.85. The van der Waals surface area contributed by atoms with E-state index in [9.17, 15) is 0 Å². The molecular formula is C10H11NS2. The van der Waals surface area contributed by atoms with Crippen LogP contribution < -0.4 is 0 Å². The molecule has 0 fully saturated rings. The molecule has 1 nitrogen and oxygen atoms in total. The number of rotatable bonds is 3. The Morgan fingerprint density at radius 2 is 2.08 bits per heavy atom. The third kappa shape index (κ3) is 2.43. The zero-order chi connectivity index (χ0) is 9.68. The standard InChI is InChI=1S/C10H11NS2/c1-3-13-10-6-4-5-9(12-2)8(10)7-11/h4-6H,3H2,1-2H3. The molecule has 0 aromatic heterocycles. The first-order chi connectivity index (χ1) is 6.33. The molecule has 13 heavy (non-hydrogen) atoms. The van der Waals surface area contributed by atoms with Gasteiger partial charge in [0.2, 0.25) is 0 Å². The largest absolute Gasteiger partial charge is 0.192 e. The van der Waals surface area contributed by atoms with Crippen LogP contribution in [0.2, 0.25) is 0 Å². The molecule has 0 spiro atoms. The SMILES string of the molecule is CCSc1cccc(SC)c1C#N. The van der Waals surface area contributed by atoms with Crippen LogP contribution in [-0.2, 0) is 0 Å². The van der Waals surface area contributed by atoms with Gasteiger partial charge in [-0.2, -0.15) is 5.26 Å². The van der Waals surface area contributed by atoms with Crippen LogP contribution in [0.3, 0.4) is 0 Å². The summed E-state index contributed by atoms with van der Waals surface area (Å²) < 4.78 is 0. The lowest BCUT2D eigenvalue weighted by Gasteiger charge is -2.04. The lowest BCUT2D eigenvalue weighted by atomic mass is 10.2. The van der Waals surface area contributed by atoms with Gasteiger partial charge in [-0.25, -0.2) is 0 Å². The van der Waals surface area contributed by atoms with Crippen LogP contribution >= 0.6 is 23.5 Å². The molecular weight excluding hydrogens is 198 g/mol. The quantitative estimate of drug-likeness (QED) is 0.713. The molecule has 0 saturated heterocycles. The summed E-state index contributed by atoms with van der Waals surface area (Å²) >= 11 is 3.34. The fraction of sp³-hybridized carbons (Fsp3) is 0.300. The first-order valence-electron chi connectivity index (χ1n) is 4.03. The van der Waals surface area contributed by atoms with Gasteiger partial charge in [-0.3, -0.25) is 0 Å². The highest BCUT2D eigenvalue weighted by atomic mass is 32.2. The minimum atomic E-state index is 0.821. The van der Waals surface area contributed by atoms with Crippen LogP contribution in [0.15, 0.2) is 28.0 Å². The maximum absolute atomic E-state index is 8.98. The van der Waals surface area contributed by atoms with Gasteiger partial charge >= 0.3 is 0 Å².